The van der Waals surface area contributed by atoms with Gasteiger partial charge in [0.25, 0.3) is 0 Å². The van der Waals surface area contributed by atoms with Crippen molar-refractivity contribution in [3.8, 4) is 5.75 Å². The summed E-state index contributed by atoms with van der Waals surface area (Å²) in [4.78, 5) is 0. The van der Waals surface area contributed by atoms with E-state index in [1.807, 2.05) is 12.1 Å². The lowest BCUT2D eigenvalue weighted by Gasteiger charge is -2.09. The maximum atomic E-state index is 5.66. The molecule has 0 amide bonds. The second-order valence-corrected chi connectivity index (χ2v) is 5.88. The quantitative estimate of drug-likeness (QED) is 0.656. The molecule has 2 heteroatoms. The molecule has 3 rings (SSSR count). The van der Waals surface area contributed by atoms with Gasteiger partial charge in [0.2, 0.25) is 0 Å². The minimum absolute atomic E-state index is 0.731. The van der Waals surface area contributed by atoms with Gasteiger partial charge in [0.15, 0.2) is 0 Å². The summed E-state index contributed by atoms with van der Waals surface area (Å²) < 4.78 is 5.66. The van der Waals surface area contributed by atoms with Crippen LogP contribution in [0.25, 0.3) is 22.9 Å². The highest BCUT2D eigenvalue weighted by Gasteiger charge is 2.05. The molecule has 0 radical (unpaired) electrons. The van der Waals surface area contributed by atoms with Gasteiger partial charge in [-0.05, 0) is 35.9 Å². The average Bonchev–Trinajstić information content (AvgIpc) is 2.64. The zero-order valence-electron chi connectivity index (χ0n) is 14.0. The Kier molecular flexibility index (Phi) is 5.29. The van der Waals surface area contributed by atoms with Crippen molar-refractivity contribution in [2.24, 2.45) is 5.73 Å². The Morgan fingerprint density at radius 1 is 0.958 bits per heavy atom. The highest BCUT2D eigenvalue weighted by molar-refractivity contribution is 5.93. The molecule has 0 aliphatic heterocycles. The molecule has 0 atom stereocenters. The molecule has 0 bridgehead atoms. The first-order chi connectivity index (χ1) is 11.8. The van der Waals surface area contributed by atoms with E-state index < -0.39 is 0 Å². The Morgan fingerprint density at radius 3 is 2.67 bits per heavy atom. The molecular weight excluding hydrogens is 294 g/mol. The van der Waals surface area contributed by atoms with Crippen molar-refractivity contribution in [1.29, 1.82) is 0 Å². The third-order valence-corrected chi connectivity index (χ3v) is 4.19. The van der Waals surface area contributed by atoms with Gasteiger partial charge in [-0.1, -0.05) is 72.8 Å². The number of fused-ring (bicyclic) bond motifs is 1. The molecule has 0 unspecified atom stereocenters. The van der Waals surface area contributed by atoms with Gasteiger partial charge in [-0.3, -0.25) is 0 Å². The van der Waals surface area contributed by atoms with Gasteiger partial charge in [0.1, 0.15) is 5.75 Å². The summed E-state index contributed by atoms with van der Waals surface area (Å²) in [6, 6.07) is 21.1. The molecular formula is C22H23NO. The van der Waals surface area contributed by atoms with Crippen molar-refractivity contribution in [3.05, 3.63) is 77.4 Å². The smallest absolute Gasteiger partial charge is 0.133 e. The third-order valence-electron chi connectivity index (χ3n) is 4.19. The van der Waals surface area contributed by atoms with Crippen LogP contribution in [0.2, 0.25) is 0 Å². The molecule has 0 spiro atoms. The maximum absolute atomic E-state index is 5.66. The minimum Gasteiger partial charge on any atom is -0.495 e. The minimum atomic E-state index is 0.731. The Labute approximate surface area is 143 Å². The number of aryl methyl sites for hydroxylation is 1. The Hall–Kier alpha value is -2.58. The lowest BCUT2D eigenvalue weighted by Crippen LogP contribution is -2.00. The fourth-order valence-corrected chi connectivity index (χ4v) is 2.96. The van der Waals surface area contributed by atoms with Crippen LogP contribution in [0.15, 0.2) is 60.7 Å². The first-order valence-corrected chi connectivity index (χ1v) is 8.34. The van der Waals surface area contributed by atoms with Gasteiger partial charge < -0.3 is 10.5 Å². The third kappa shape index (κ3) is 3.66. The predicted octanol–water partition coefficient (Wildman–Crippen LogP) is 4.91. The van der Waals surface area contributed by atoms with Crippen molar-refractivity contribution in [1.82, 2.24) is 0 Å². The monoisotopic (exact) mass is 317 g/mol. The molecule has 24 heavy (non-hydrogen) atoms. The van der Waals surface area contributed by atoms with Crippen LogP contribution in [0, 0.1) is 0 Å². The van der Waals surface area contributed by atoms with Crippen LogP contribution in [-0.2, 0) is 6.42 Å². The lowest BCUT2D eigenvalue weighted by atomic mass is 10.0. The van der Waals surface area contributed by atoms with Crippen molar-refractivity contribution in [3.63, 3.8) is 0 Å². The van der Waals surface area contributed by atoms with Crippen molar-refractivity contribution in [2.45, 2.75) is 12.8 Å². The van der Waals surface area contributed by atoms with Gasteiger partial charge in [-0.2, -0.15) is 0 Å². The molecule has 0 saturated carbocycles. The Morgan fingerprint density at radius 2 is 1.83 bits per heavy atom. The average molecular weight is 317 g/mol. The molecule has 3 aromatic carbocycles. The first kappa shape index (κ1) is 16.3. The summed E-state index contributed by atoms with van der Waals surface area (Å²) in [6.07, 6.45) is 6.30. The Bertz CT molecular complexity index is 851. The van der Waals surface area contributed by atoms with Crippen molar-refractivity contribution >= 4 is 22.9 Å². The molecule has 3 aromatic rings. The summed E-state index contributed by atoms with van der Waals surface area (Å²) in [7, 11) is 1.73. The number of benzene rings is 3. The first-order valence-electron chi connectivity index (χ1n) is 8.34. The topological polar surface area (TPSA) is 35.2 Å². The van der Waals surface area contributed by atoms with E-state index in [2.05, 4.69) is 60.7 Å². The van der Waals surface area contributed by atoms with Crippen molar-refractivity contribution in [2.75, 3.05) is 13.7 Å². The highest BCUT2D eigenvalue weighted by atomic mass is 16.5. The van der Waals surface area contributed by atoms with Crippen LogP contribution in [-0.4, -0.2) is 13.7 Å². The second-order valence-electron chi connectivity index (χ2n) is 5.88. The normalized spacial score (nSPS) is 11.2. The molecule has 0 saturated heterocycles. The summed E-state index contributed by atoms with van der Waals surface area (Å²) >= 11 is 0. The number of ether oxygens (including phenoxy) is 1. The van der Waals surface area contributed by atoms with Crippen LogP contribution in [0.3, 0.4) is 0 Å². The fourth-order valence-electron chi connectivity index (χ4n) is 2.96. The van der Waals surface area contributed by atoms with E-state index in [1.54, 1.807) is 7.11 Å². The second kappa shape index (κ2) is 7.80. The van der Waals surface area contributed by atoms with Crippen molar-refractivity contribution < 1.29 is 4.74 Å². The van der Waals surface area contributed by atoms with Crippen LogP contribution >= 0.6 is 0 Å². The summed E-state index contributed by atoms with van der Waals surface area (Å²) in [5.41, 5.74) is 9.21. The van der Waals surface area contributed by atoms with E-state index in [0.717, 1.165) is 36.1 Å². The summed E-state index contributed by atoms with van der Waals surface area (Å²) in [5.74, 6) is 0.920. The largest absolute Gasteiger partial charge is 0.495 e. The van der Waals surface area contributed by atoms with E-state index in [0.29, 0.717) is 0 Å². The zero-order chi connectivity index (χ0) is 16.8. The zero-order valence-corrected chi connectivity index (χ0v) is 14.0. The molecule has 2 N–H and O–H groups in total. The summed E-state index contributed by atoms with van der Waals surface area (Å²) in [6.45, 7) is 0.731. The van der Waals surface area contributed by atoms with E-state index in [-0.39, 0.29) is 0 Å². The fraction of sp³-hybridized carbons (Fsp3) is 0.182. The highest BCUT2D eigenvalue weighted by Crippen LogP contribution is 2.30. The number of rotatable bonds is 6. The molecule has 122 valence electrons. The molecule has 0 aliphatic rings. The van der Waals surface area contributed by atoms with E-state index in [4.69, 9.17) is 10.5 Å². The number of methoxy groups -OCH3 is 1. The van der Waals surface area contributed by atoms with Gasteiger partial charge in [0, 0.05) is 10.9 Å². The van der Waals surface area contributed by atoms with Crippen LogP contribution < -0.4 is 10.5 Å². The Balaban J connectivity index is 1.90. The van der Waals surface area contributed by atoms with Gasteiger partial charge in [-0.25, -0.2) is 0 Å². The van der Waals surface area contributed by atoms with Crippen LogP contribution in [0.4, 0.5) is 0 Å². The molecule has 0 aliphatic carbocycles. The maximum Gasteiger partial charge on any atom is 0.133 e. The van der Waals surface area contributed by atoms with E-state index in [9.17, 15) is 0 Å². The molecule has 0 aromatic heterocycles. The predicted molar refractivity (Wildman–Crippen MR) is 103 cm³/mol. The molecule has 0 fully saturated rings. The van der Waals surface area contributed by atoms with E-state index >= 15 is 0 Å². The SMILES string of the molecule is COc1c(/C=C/c2cccc(CCCN)c2)ccc2ccccc12. The van der Waals surface area contributed by atoms with Gasteiger partial charge >= 0.3 is 0 Å². The van der Waals surface area contributed by atoms with E-state index in [1.165, 1.54) is 16.5 Å². The lowest BCUT2D eigenvalue weighted by molar-refractivity contribution is 0.419. The van der Waals surface area contributed by atoms with Gasteiger partial charge in [-0.15, -0.1) is 0 Å². The number of nitrogens with two attached hydrogens (primary N) is 1. The van der Waals surface area contributed by atoms with Crippen LogP contribution in [0.1, 0.15) is 23.1 Å². The standard InChI is InChI=1S/C22H23NO/c1-24-22-20(14-13-19-9-2-3-10-21(19)22)12-11-18-7-4-6-17(16-18)8-5-15-23/h2-4,6-7,9-14,16H,5,8,15,23H2,1H3/b12-11+. The molecule has 0 heterocycles. The summed E-state index contributed by atoms with van der Waals surface area (Å²) in [5, 5.41) is 2.33. The van der Waals surface area contributed by atoms with Crippen LogP contribution in [0.5, 0.6) is 5.75 Å². The number of hydrogen-bond acceptors (Lipinski definition) is 2. The van der Waals surface area contributed by atoms with Gasteiger partial charge in [0.05, 0.1) is 7.11 Å². The number of hydrogen-bond donors (Lipinski definition) is 1. The molecule has 2 nitrogen and oxygen atoms in total.